The van der Waals surface area contributed by atoms with Gasteiger partial charge in [-0.25, -0.2) is 16.8 Å². The molecule has 1 aliphatic rings. The molecule has 15 heteroatoms. The standard InChI is InChI=1S/C23H36F3N3O5S2.C9H12S.C6H13N.C6H6.C5H12/c1-5-9-13-21(14-19-35(31,32)23(24,25)26)36(33,34)28-22(30)20(7-3)12-11-15-27-16-18-29(8-4)17-10-6-2;1-2-8-10-9-6-4-3-5-7-9;1-7-5-3-2-4-6-7;1-2-4-6-5-3-1;1-5(2,3)4/h5-7,9-14,19,22,27-28,30H,8,15-18H2,1-4H3;3-7H,2,8H2,1H3;2-6H2,1H3;1-6H;1-4H3/b9-5+,10-6+,12-11-,19-14+,20-7+,21-13+;;;;. The van der Waals surface area contributed by atoms with Gasteiger partial charge in [0.25, 0.3) is 9.84 Å². The van der Waals surface area contributed by atoms with Crippen molar-refractivity contribution in [3.8, 4) is 0 Å². The Morgan fingerprint density at radius 3 is 1.84 bits per heavy atom. The van der Waals surface area contributed by atoms with Crippen molar-refractivity contribution in [2.45, 2.75) is 105 Å². The molecule has 0 bridgehead atoms. The van der Waals surface area contributed by atoms with E-state index in [9.17, 15) is 35.1 Å². The fourth-order valence-corrected chi connectivity index (χ4v) is 7.14. The Bertz CT molecular complexity index is 1820. The van der Waals surface area contributed by atoms with Crippen LogP contribution in [0.3, 0.4) is 0 Å². The molecule has 64 heavy (non-hydrogen) atoms. The van der Waals surface area contributed by atoms with E-state index in [0.29, 0.717) is 24.6 Å². The van der Waals surface area contributed by atoms with Crippen molar-refractivity contribution in [1.29, 1.82) is 0 Å². The highest BCUT2D eigenvalue weighted by molar-refractivity contribution is 7.99. The Morgan fingerprint density at radius 2 is 1.41 bits per heavy atom. The summed E-state index contributed by atoms with van der Waals surface area (Å²) >= 11 is 1.92. The van der Waals surface area contributed by atoms with Crippen molar-refractivity contribution < 1.29 is 35.1 Å². The molecule has 3 N–H and O–H groups in total. The topological polar surface area (TPSA) is 119 Å². The molecule has 1 atom stereocenters. The van der Waals surface area contributed by atoms with Crippen molar-refractivity contribution >= 4 is 31.6 Å². The zero-order valence-corrected chi connectivity index (χ0v) is 42.5. The Morgan fingerprint density at radius 1 is 0.859 bits per heavy atom. The van der Waals surface area contributed by atoms with Crippen molar-refractivity contribution in [3.63, 3.8) is 0 Å². The number of sulfonamides is 1. The molecule has 1 fully saturated rings. The van der Waals surface area contributed by atoms with Gasteiger partial charge in [-0.05, 0) is 108 Å². The number of alkyl halides is 3. The molecule has 1 aliphatic heterocycles. The van der Waals surface area contributed by atoms with E-state index < -0.39 is 36.5 Å². The molecule has 2 aromatic rings. The average molecular weight is 957 g/mol. The van der Waals surface area contributed by atoms with Gasteiger partial charge in [0.2, 0.25) is 10.0 Å². The lowest BCUT2D eigenvalue weighted by Crippen LogP contribution is -2.36. The molecule has 2 aromatic carbocycles. The third-order valence-corrected chi connectivity index (χ3v) is 11.9. The van der Waals surface area contributed by atoms with Crippen LogP contribution < -0.4 is 10.0 Å². The largest absolute Gasteiger partial charge is 0.501 e. The van der Waals surface area contributed by atoms with E-state index in [1.165, 1.54) is 80.6 Å². The monoisotopic (exact) mass is 957 g/mol. The number of likely N-dealkylation sites (tertiary alicyclic amines) is 1. The van der Waals surface area contributed by atoms with Crippen LogP contribution in [-0.4, -0.2) is 102 Å². The van der Waals surface area contributed by atoms with Crippen LogP contribution in [0.15, 0.2) is 142 Å². The smallest absolute Gasteiger partial charge is 0.373 e. The van der Waals surface area contributed by atoms with Crippen LogP contribution in [-0.2, 0) is 19.9 Å². The number of piperidine rings is 1. The molecule has 0 amide bonds. The molecule has 1 saturated heterocycles. The van der Waals surface area contributed by atoms with Gasteiger partial charge in [0, 0.05) is 36.5 Å². The summed E-state index contributed by atoms with van der Waals surface area (Å²) in [5.41, 5.74) is -4.90. The number of rotatable bonds is 19. The van der Waals surface area contributed by atoms with Crippen LogP contribution >= 0.6 is 11.8 Å². The summed E-state index contributed by atoms with van der Waals surface area (Å²) in [6, 6.07) is 22.5. The minimum atomic E-state index is -5.70. The van der Waals surface area contributed by atoms with Gasteiger partial charge < -0.3 is 15.3 Å². The Kier molecular flexibility index (Phi) is 36.2. The van der Waals surface area contributed by atoms with E-state index in [-0.39, 0.29) is 11.0 Å². The number of likely N-dealkylation sites (N-methyl/N-ethyl adjacent to an activating group) is 1. The molecule has 1 heterocycles. The third kappa shape index (κ3) is 36.0. The number of hydrogen-bond acceptors (Lipinski definition) is 9. The van der Waals surface area contributed by atoms with E-state index in [4.69, 9.17) is 0 Å². The normalized spacial score (nSPS) is 14.9. The number of aliphatic hydroxyl groups is 1. The maximum absolute atomic E-state index is 12.6. The number of sulfone groups is 1. The SMILES string of the molecule is C/C=C/C=C(\C=C\S(=O)(=O)C(F)(F)F)S(=O)(=O)NC(O)C(/C=C\CNCCN(CC)C/C=C/C)=C/C.CC(C)(C)C.CCCSc1ccccc1.CN1CCCCC1.c1ccccc1. The van der Waals surface area contributed by atoms with Crippen LogP contribution in [0, 0.1) is 5.41 Å². The van der Waals surface area contributed by atoms with Crippen LogP contribution in [0.5, 0.6) is 0 Å². The maximum Gasteiger partial charge on any atom is 0.501 e. The van der Waals surface area contributed by atoms with Gasteiger partial charge in [0.1, 0.15) is 6.23 Å². The Hall–Kier alpha value is -3.28. The van der Waals surface area contributed by atoms with E-state index in [1.54, 1.807) is 13.0 Å². The summed E-state index contributed by atoms with van der Waals surface area (Å²) in [7, 11) is -8.09. The Balaban J connectivity index is 0. The van der Waals surface area contributed by atoms with Crippen LogP contribution in [0.25, 0.3) is 0 Å². The van der Waals surface area contributed by atoms with Gasteiger partial charge in [-0.1, -0.05) is 145 Å². The minimum absolute atomic E-state index is 0.181. The molecule has 1 unspecified atom stereocenters. The second-order valence-electron chi connectivity index (χ2n) is 15.9. The van der Waals surface area contributed by atoms with E-state index in [0.717, 1.165) is 25.7 Å². The lowest BCUT2D eigenvalue weighted by atomic mass is 10.0. The number of benzene rings is 2. The van der Waals surface area contributed by atoms with Crippen molar-refractivity contribution in [1.82, 2.24) is 19.8 Å². The first kappa shape index (κ1) is 62.8. The summed E-state index contributed by atoms with van der Waals surface area (Å²) < 4.78 is 87.6. The maximum atomic E-state index is 12.6. The minimum Gasteiger partial charge on any atom is -0.373 e. The Labute approximate surface area is 390 Å². The van der Waals surface area contributed by atoms with Crippen LogP contribution in [0.2, 0.25) is 0 Å². The van der Waals surface area contributed by atoms with E-state index in [1.807, 2.05) is 65.9 Å². The highest BCUT2D eigenvalue weighted by Gasteiger charge is 2.43. The second-order valence-corrected chi connectivity index (χ2v) is 20.7. The number of nitrogens with one attached hydrogen (secondary N) is 2. The molecule has 9 nitrogen and oxygen atoms in total. The zero-order valence-electron chi connectivity index (χ0n) is 40.0. The number of thioether (sulfide) groups is 1. The highest BCUT2D eigenvalue weighted by Crippen LogP contribution is 2.25. The summed E-state index contributed by atoms with van der Waals surface area (Å²) in [6.45, 7) is 24.4. The molecular formula is C49H79F3N4O5S3. The van der Waals surface area contributed by atoms with Crippen LogP contribution in [0.4, 0.5) is 13.2 Å². The quantitative estimate of drug-likeness (QED) is 0.0416. The third-order valence-electron chi connectivity index (χ3n) is 8.10. The van der Waals surface area contributed by atoms with Crippen LogP contribution in [0.1, 0.15) is 88.0 Å². The zero-order chi connectivity index (χ0) is 48.9. The number of nitrogens with zero attached hydrogens (tertiary/aromatic N) is 2. The summed E-state index contributed by atoms with van der Waals surface area (Å²) in [5.74, 6) is 1.23. The van der Waals surface area contributed by atoms with Gasteiger partial charge in [0.05, 0.1) is 4.91 Å². The number of halogens is 3. The predicted octanol–water partition coefficient (Wildman–Crippen LogP) is 11.2. The summed E-state index contributed by atoms with van der Waals surface area (Å²) in [6.07, 6.45) is 16.3. The molecule has 0 aromatic heterocycles. The van der Waals surface area contributed by atoms with Gasteiger partial charge >= 0.3 is 5.51 Å². The van der Waals surface area contributed by atoms with E-state index in [2.05, 4.69) is 100 Å². The molecule has 0 aliphatic carbocycles. The highest BCUT2D eigenvalue weighted by atomic mass is 32.2. The van der Waals surface area contributed by atoms with Crippen molar-refractivity contribution in [3.05, 3.63) is 137 Å². The van der Waals surface area contributed by atoms with Crippen molar-refractivity contribution in [2.24, 2.45) is 5.41 Å². The molecule has 364 valence electrons. The lowest BCUT2D eigenvalue weighted by molar-refractivity contribution is -0.0423. The average Bonchev–Trinajstić information content (AvgIpc) is 3.24. The predicted molar refractivity (Wildman–Crippen MR) is 268 cm³/mol. The number of allylic oxidation sites excluding steroid dienone is 6. The molecule has 0 saturated carbocycles. The molecule has 0 spiro atoms. The summed E-state index contributed by atoms with van der Waals surface area (Å²) in [4.78, 5) is 5.22. The van der Waals surface area contributed by atoms with Crippen molar-refractivity contribution in [2.75, 3.05) is 58.6 Å². The second kappa shape index (κ2) is 36.9. The van der Waals surface area contributed by atoms with E-state index >= 15 is 0 Å². The molecule has 0 radical (unpaired) electrons. The first-order valence-corrected chi connectivity index (χ1v) is 25.9. The lowest BCUT2D eigenvalue weighted by Gasteiger charge is -2.20. The molecular weight excluding hydrogens is 878 g/mol. The number of aliphatic hydroxyl groups excluding tert-OH is 1. The first-order valence-electron chi connectivity index (χ1n) is 21.8. The van der Waals surface area contributed by atoms with Gasteiger partial charge in [-0.2, -0.15) is 17.9 Å². The fraction of sp³-hybridized carbons (Fsp3) is 0.510. The van der Waals surface area contributed by atoms with Gasteiger partial charge in [0.15, 0.2) is 0 Å². The first-order chi connectivity index (χ1) is 30.1. The summed E-state index contributed by atoms with van der Waals surface area (Å²) in [5, 5.41) is 13.3. The van der Waals surface area contributed by atoms with Gasteiger partial charge in [-0.15, -0.1) is 11.8 Å². The van der Waals surface area contributed by atoms with Gasteiger partial charge in [-0.3, -0.25) is 4.90 Å². The molecule has 3 rings (SSSR count). The number of hydrogen-bond donors (Lipinski definition) is 3. The fourth-order valence-electron chi connectivity index (χ4n) is 4.71.